The first-order valence-corrected chi connectivity index (χ1v) is 7.67. The summed E-state index contributed by atoms with van der Waals surface area (Å²) in [5.41, 5.74) is 0. The molecule has 1 atom stereocenters. The Morgan fingerprint density at radius 3 is 2.65 bits per heavy atom. The molecule has 112 valence electrons. The largest absolute Gasteiger partial charge is 0.481 e. The van der Waals surface area contributed by atoms with Crippen LogP contribution in [0.15, 0.2) is 12.1 Å². The van der Waals surface area contributed by atoms with Crippen LogP contribution in [0.25, 0.3) is 0 Å². The Labute approximate surface area is 127 Å². The molecule has 1 unspecified atom stereocenters. The molecule has 0 aliphatic carbocycles. The fourth-order valence-corrected chi connectivity index (χ4v) is 2.67. The minimum Gasteiger partial charge on any atom is -0.481 e. The van der Waals surface area contributed by atoms with Gasteiger partial charge < -0.3 is 15.7 Å². The molecular weight excluding hydrogens is 300 g/mol. The average Bonchev–Trinajstić information content (AvgIpc) is 2.80. The highest BCUT2D eigenvalue weighted by Gasteiger charge is 2.10. The quantitative estimate of drug-likeness (QED) is 0.645. The van der Waals surface area contributed by atoms with Crippen LogP contribution < -0.4 is 10.6 Å². The molecule has 2 amide bonds. The van der Waals surface area contributed by atoms with Crippen molar-refractivity contribution >= 4 is 34.9 Å². The molecule has 1 rings (SSSR count). The minimum absolute atomic E-state index is 0.226. The lowest BCUT2D eigenvalue weighted by Gasteiger charge is -2.08. The van der Waals surface area contributed by atoms with Gasteiger partial charge in [0.15, 0.2) is 0 Å². The molecule has 3 N–H and O–H groups in total. The number of hydrogen-bond donors (Lipinski definition) is 3. The van der Waals surface area contributed by atoms with Crippen LogP contribution in [0.4, 0.5) is 4.79 Å². The van der Waals surface area contributed by atoms with Gasteiger partial charge in [-0.3, -0.25) is 4.79 Å². The Morgan fingerprint density at radius 2 is 2.05 bits per heavy atom. The molecule has 0 radical (unpaired) electrons. The summed E-state index contributed by atoms with van der Waals surface area (Å²) in [6.45, 7) is 2.69. The summed E-state index contributed by atoms with van der Waals surface area (Å²) in [6.07, 6.45) is 1.96. The summed E-state index contributed by atoms with van der Waals surface area (Å²) in [6, 6.07) is 3.56. The summed E-state index contributed by atoms with van der Waals surface area (Å²) in [4.78, 5) is 23.2. The molecule has 1 aromatic rings. The van der Waals surface area contributed by atoms with Crippen LogP contribution >= 0.6 is 22.9 Å². The lowest BCUT2D eigenvalue weighted by molar-refractivity contribution is -0.141. The van der Waals surface area contributed by atoms with E-state index < -0.39 is 5.97 Å². The number of carboxylic acids is 1. The Morgan fingerprint density at radius 1 is 1.35 bits per heavy atom. The van der Waals surface area contributed by atoms with E-state index in [-0.39, 0.29) is 11.9 Å². The van der Waals surface area contributed by atoms with Crippen molar-refractivity contribution < 1.29 is 14.7 Å². The van der Waals surface area contributed by atoms with E-state index in [1.54, 1.807) is 6.92 Å². The summed E-state index contributed by atoms with van der Waals surface area (Å²) >= 11 is 7.32. The zero-order valence-corrected chi connectivity index (χ0v) is 12.9. The molecular formula is C13H19ClN2O3S. The van der Waals surface area contributed by atoms with E-state index in [0.717, 1.165) is 15.6 Å². The van der Waals surface area contributed by atoms with Crippen LogP contribution in [0, 0.1) is 5.92 Å². The number of carboxylic acid groups (broad SMARTS) is 1. The van der Waals surface area contributed by atoms with Crippen molar-refractivity contribution in [3.05, 3.63) is 21.3 Å². The number of carbonyl (C=O) groups is 2. The normalized spacial score (nSPS) is 11.9. The molecule has 0 aliphatic rings. The first-order valence-electron chi connectivity index (χ1n) is 6.47. The van der Waals surface area contributed by atoms with Gasteiger partial charge in [-0.05, 0) is 31.4 Å². The van der Waals surface area contributed by atoms with Crippen molar-refractivity contribution in [2.45, 2.75) is 26.2 Å². The molecule has 20 heavy (non-hydrogen) atoms. The number of halogens is 1. The van der Waals surface area contributed by atoms with Crippen molar-refractivity contribution in [1.82, 2.24) is 10.6 Å². The average molecular weight is 319 g/mol. The predicted molar refractivity (Wildman–Crippen MR) is 80.5 cm³/mol. The van der Waals surface area contributed by atoms with E-state index in [4.69, 9.17) is 16.7 Å². The van der Waals surface area contributed by atoms with Crippen LogP contribution in [-0.2, 0) is 11.2 Å². The third-order valence-corrected chi connectivity index (χ3v) is 4.10. The Hall–Kier alpha value is -1.27. The van der Waals surface area contributed by atoms with Crippen LogP contribution in [0.3, 0.4) is 0 Å². The fourth-order valence-electron chi connectivity index (χ4n) is 1.58. The molecule has 0 aromatic carbocycles. The van der Waals surface area contributed by atoms with Crippen molar-refractivity contribution in [2.75, 3.05) is 13.1 Å². The van der Waals surface area contributed by atoms with Gasteiger partial charge in [0, 0.05) is 18.0 Å². The van der Waals surface area contributed by atoms with E-state index in [2.05, 4.69) is 10.6 Å². The summed E-state index contributed by atoms with van der Waals surface area (Å²) in [7, 11) is 0. The third-order valence-electron chi connectivity index (χ3n) is 2.81. The summed E-state index contributed by atoms with van der Waals surface area (Å²) in [5, 5.41) is 14.2. The molecule has 0 saturated heterocycles. The summed E-state index contributed by atoms with van der Waals surface area (Å²) < 4.78 is 0.747. The van der Waals surface area contributed by atoms with Crippen LogP contribution in [-0.4, -0.2) is 30.2 Å². The minimum atomic E-state index is -0.802. The fraction of sp³-hybridized carbons (Fsp3) is 0.538. The van der Waals surface area contributed by atoms with Crippen LogP contribution in [0.2, 0.25) is 4.34 Å². The number of rotatable bonds is 8. The van der Waals surface area contributed by atoms with Crippen molar-refractivity contribution in [2.24, 2.45) is 5.92 Å². The zero-order chi connectivity index (χ0) is 15.0. The second-order valence-electron chi connectivity index (χ2n) is 4.52. The van der Waals surface area contributed by atoms with Gasteiger partial charge in [-0.25, -0.2) is 4.79 Å². The van der Waals surface area contributed by atoms with E-state index in [0.29, 0.717) is 25.9 Å². The van der Waals surface area contributed by atoms with E-state index in [9.17, 15) is 9.59 Å². The maximum Gasteiger partial charge on any atom is 0.314 e. The lowest BCUT2D eigenvalue weighted by atomic mass is 10.1. The topological polar surface area (TPSA) is 78.4 Å². The second-order valence-corrected chi connectivity index (χ2v) is 6.32. The zero-order valence-electron chi connectivity index (χ0n) is 11.3. The van der Waals surface area contributed by atoms with Crippen molar-refractivity contribution in [3.63, 3.8) is 0 Å². The molecule has 1 heterocycles. The second kappa shape index (κ2) is 8.81. The van der Waals surface area contributed by atoms with E-state index in [1.807, 2.05) is 12.1 Å². The molecule has 0 aliphatic heterocycles. The number of nitrogens with one attached hydrogen (secondary N) is 2. The Kier molecular flexibility index (Phi) is 7.40. The SMILES string of the molecule is CC(CCCNC(=O)NCCc1ccc(Cl)s1)C(=O)O. The molecule has 0 saturated carbocycles. The number of carbonyl (C=O) groups excluding carboxylic acids is 1. The Bertz CT molecular complexity index is 451. The van der Waals surface area contributed by atoms with Gasteiger partial charge in [0.05, 0.1) is 10.3 Å². The van der Waals surface area contributed by atoms with Gasteiger partial charge in [0.2, 0.25) is 0 Å². The smallest absolute Gasteiger partial charge is 0.314 e. The lowest BCUT2D eigenvalue weighted by Crippen LogP contribution is -2.37. The maximum absolute atomic E-state index is 11.5. The molecule has 0 fully saturated rings. The van der Waals surface area contributed by atoms with Gasteiger partial charge in [-0.15, -0.1) is 11.3 Å². The number of urea groups is 1. The number of amides is 2. The highest BCUT2D eigenvalue weighted by molar-refractivity contribution is 7.16. The third kappa shape index (κ3) is 6.77. The predicted octanol–water partition coefficient (Wildman–Crippen LogP) is 2.74. The van der Waals surface area contributed by atoms with Gasteiger partial charge in [0.25, 0.3) is 0 Å². The highest BCUT2D eigenvalue weighted by atomic mass is 35.5. The van der Waals surface area contributed by atoms with E-state index in [1.165, 1.54) is 11.3 Å². The monoisotopic (exact) mass is 318 g/mol. The first-order chi connectivity index (χ1) is 9.49. The van der Waals surface area contributed by atoms with Crippen molar-refractivity contribution in [1.29, 1.82) is 0 Å². The summed E-state index contributed by atoms with van der Waals surface area (Å²) in [5.74, 6) is -1.17. The number of aliphatic carboxylic acids is 1. The van der Waals surface area contributed by atoms with Crippen LogP contribution in [0.1, 0.15) is 24.6 Å². The first kappa shape index (κ1) is 16.8. The molecule has 0 bridgehead atoms. The van der Waals surface area contributed by atoms with Crippen molar-refractivity contribution in [3.8, 4) is 0 Å². The molecule has 0 spiro atoms. The van der Waals surface area contributed by atoms with Gasteiger partial charge in [-0.1, -0.05) is 18.5 Å². The maximum atomic E-state index is 11.5. The van der Waals surface area contributed by atoms with Crippen LogP contribution in [0.5, 0.6) is 0 Å². The Balaban J connectivity index is 2.04. The van der Waals surface area contributed by atoms with Gasteiger partial charge in [0.1, 0.15) is 0 Å². The molecule has 1 aromatic heterocycles. The van der Waals surface area contributed by atoms with Gasteiger partial charge >= 0.3 is 12.0 Å². The standard InChI is InChI=1S/C13H19ClN2O3S/c1-9(12(17)18)3-2-7-15-13(19)16-8-6-10-4-5-11(14)20-10/h4-5,9H,2-3,6-8H2,1H3,(H,17,18)(H2,15,16,19). The number of thiophene rings is 1. The number of hydrogen-bond acceptors (Lipinski definition) is 3. The highest BCUT2D eigenvalue weighted by Crippen LogP contribution is 2.21. The molecule has 5 nitrogen and oxygen atoms in total. The van der Waals surface area contributed by atoms with Gasteiger partial charge in [-0.2, -0.15) is 0 Å². The van der Waals surface area contributed by atoms with E-state index >= 15 is 0 Å². The molecule has 7 heteroatoms.